The van der Waals surface area contributed by atoms with Crippen molar-refractivity contribution < 1.29 is 0 Å². The summed E-state index contributed by atoms with van der Waals surface area (Å²) >= 11 is 9.78. The lowest BCUT2D eigenvalue weighted by Crippen LogP contribution is -1.88. The number of thioether (sulfide) groups is 1. The van der Waals surface area contributed by atoms with Gasteiger partial charge in [0.15, 0.2) is 5.16 Å². The van der Waals surface area contributed by atoms with Gasteiger partial charge in [0.1, 0.15) is 6.33 Å². The highest BCUT2D eigenvalue weighted by Gasteiger charge is 2.11. The highest BCUT2D eigenvalue weighted by Crippen LogP contribution is 2.38. The smallest absolute Gasteiger partial charge is 0.191 e. The molecule has 6 heteroatoms. The van der Waals surface area contributed by atoms with Gasteiger partial charge in [-0.25, -0.2) is 0 Å². The largest absolute Gasteiger partial charge is 0.312 e. The van der Waals surface area contributed by atoms with E-state index in [9.17, 15) is 0 Å². The summed E-state index contributed by atoms with van der Waals surface area (Å²) < 4.78 is 3.14. The number of aromatic nitrogens is 3. The highest BCUT2D eigenvalue weighted by atomic mass is 35.5. The minimum absolute atomic E-state index is 0.824. The average molecular weight is 296 g/mol. The van der Waals surface area contributed by atoms with Crippen LogP contribution >= 0.6 is 34.7 Å². The molecule has 3 aromatic rings. The molecule has 1 aromatic carbocycles. The number of halogens is 1. The van der Waals surface area contributed by atoms with Gasteiger partial charge in [-0.1, -0.05) is 41.6 Å². The molecule has 0 atom stereocenters. The van der Waals surface area contributed by atoms with Crippen molar-refractivity contribution in [1.82, 2.24) is 14.8 Å². The molecule has 3 nitrogen and oxygen atoms in total. The quantitative estimate of drug-likeness (QED) is 0.685. The first-order chi connectivity index (χ1) is 8.75. The van der Waals surface area contributed by atoms with Crippen LogP contribution in [-0.2, 0) is 12.8 Å². The summed E-state index contributed by atoms with van der Waals surface area (Å²) in [6.07, 6.45) is 1.70. The van der Waals surface area contributed by atoms with Gasteiger partial charge in [0.05, 0.1) is 5.02 Å². The summed E-state index contributed by atoms with van der Waals surface area (Å²) in [5, 5.41) is 10.8. The van der Waals surface area contributed by atoms with E-state index >= 15 is 0 Å². The minimum Gasteiger partial charge on any atom is -0.312 e. The predicted molar refractivity (Wildman–Crippen MR) is 77.4 cm³/mol. The second-order valence-corrected chi connectivity index (χ2v) is 6.31. The first-order valence-electron chi connectivity index (χ1n) is 5.38. The maximum absolute atomic E-state index is 6.39. The van der Waals surface area contributed by atoms with Gasteiger partial charge in [0, 0.05) is 27.8 Å². The van der Waals surface area contributed by atoms with Crippen LogP contribution in [0.5, 0.6) is 0 Å². The molecule has 0 N–H and O–H groups in total. The number of rotatable bonds is 3. The second-order valence-electron chi connectivity index (χ2n) is 3.85. The Morgan fingerprint density at radius 1 is 1.39 bits per heavy atom. The molecule has 0 saturated heterocycles. The molecule has 2 heterocycles. The standard InChI is InChI=1S/C12H10ClN3S2/c1-16-7-14-15-12(16)17-6-10-11(13)8-4-2-3-5-9(8)18-10/h2-5,7H,6H2,1H3. The summed E-state index contributed by atoms with van der Waals surface area (Å²) in [5.74, 6) is 0.824. The van der Waals surface area contributed by atoms with Crippen LogP contribution in [0.4, 0.5) is 0 Å². The van der Waals surface area contributed by atoms with Crippen molar-refractivity contribution in [3.63, 3.8) is 0 Å². The number of thiophene rings is 1. The molecule has 18 heavy (non-hydrogen) atoms. The van der Waals surface area contributed by atoms with E-state index in [1.165, 1.54) is 9.58 Å². The van der Waals surface area contributed by atoms with Gasteiger partial charge in [0.25, 0.3) is 0 Å². The Bertz CT molecular complexity index is 690. The van der Waals surface area contributed by atoms with Crippen molar-refractivity contribution in [2.75, 3.05) is 0 Å². The first kappa shape index (κ1) is 12.0. The Balaban J connectivity index is 1.87. The molecule has 0 aliphatic carbocycles. The topological polar surface area (TPSA) is 30.7 Å². The molecule has 0 spiro atoms. The number of aryl methyl sites for hydroxylation is 1. The molecule has 0 amide bonds. The fourth-order valence-corrected chi connectivity index (χ4v) is 4.24. The third-order valence-electron chi connectivity index (χ3n) is 2.60. The van der Waals surface area contributed by atoms with Gasteiger partial charge in [-0.3, -0.25) is 0 Å². The van der Waals surface area contributed by atoms with E-state index in [1.54, 1.807) is 29.4 Å². The van der Waals surface area contributed by atoms with Gasteiger partial charge in [0.2, 0.25) is 0 Å². The molecule has 0 unspecified atom stereocenters. The monoisotopic (exact) mass is 295 g/mol. The van der Waals surface area contributed by atoms with Gasteiger partial charge in [-0.15, -0.1) is 21.5 Å². The maximum Gasteiger partial charge on any atom is 0.191 e. The fraction of sp³-hybridized carbons (Fsp3) is 0.167. The fourth-order valence-electron chi connectivity index (χ4n) is 1.69. The van der Waals surface area contributed by atoms with Gasteiger partial charge < -0.3 is 4.57 Å². The van der Waals surface area contributed by atoms with Crippen LogP contribution in [0, 0.1) is 0 Å². The van der Waals surface area contributed by atoms with E-state index in [4.69, 9.17) is 11.6 Å². The second kappa shape index (κ2) is 4.91. The lowest BCUT2D eigenvalue weighted by molar-refractivity contribution is 0.788. The van der Waals surface area contributed by atoms with E-state index in [0.717, 1.165) is 21.3 Å². The van der Waals surface area contributed by atoms with Crippen molar-refractivity contribution in [2.45, 2.75) is 10.9 Å². The van der Waals surface area contributed by atoms with E-state index in [-0.39, 0.29) is 0 Å². The number of hydrogen-bond donors (Lipinski definition) is 0. The van der Waals surface area contributed by atoms with Crippen molar-refractivity contribution in [1.29, 1.82) is 0 Å². The Morgan fingerprint density at radius 3 is 2.94 bits per heavy atom. The van der Waals surface area contributed by atoms with Gasteiger partial charge >= 0.3 is 0 Å². The van der Waals surface area contributed by atoms with E-state index in [2.05, 4.69) is 22.3 Å². The van der Waals surface area contributed by atoms with Crippen LogP contribution in [0.25, 0.3) is 10.1 Å². The zero-order valence-corrected chi connectivity index (χ0v) is 12.0. The molecule has 92 valence electrons. The average Bonchev–Trinajstić information content (AvgIpc) is 2.92. The van der Waals surface area contributed by atoms with Crippen molar-refractivity contribution in [3.8, 4) is 0 Å². The molecule has 0 aliphatic heterocycles. The van der Waals surface area contributed by atoms with Crippen LogP contribution in [0.1, 0.15) is 4.88 Å². The van der Waals surface area contributed by atoms with Crippen LogP contribution in [0.2, 0.25) is 5.02 Å². The Hall–Kier alpha value is -1.04. The zero-order valence-electron chi connectivity index (χ0n) is 9.63. The molecule has 0 bridgehead atoms. The molecule has 0 saturated carbocycles. The Kier molecular flexibility index (Phi) is 3.28. The number of fused-ring (bicyclic) bond motifs is 1. The first-order valence-corrected chi connectivity index (χ1v) is 7.56. The van der Waals surface area contributed by atoms with Crippen LogP contribution in [0.3, 0.4) is 0 Å². The normalized spacial score (nSPS) is 11.2. The van der Waals surface area contributed by atoms with Crippen molar-refractivity contribution >= 4 is 44.8 Å². The lowest BCUT2D eigenvalue weighted by Gasteiger charge is -1.98. The van der Waals surface area contributed by atoms with E-state index in [1.807, 2.05) is 23.7 Å². The molecular weight excluding hydrogens is 286 g/mol. The number of benzene rings is 1. The molecular formula is C12H10ClN3S2. The molecule has 0 radical (unpaired) electrons. The summed E-state index contributed by atoms with van der Waals surface area (Å²) in [6, 6.07) is 8.21. The summed E-state index contributed by atoms with van der Waals surface area (Å²) in [7, 11) is 1.94. The lowest BCUT2D eigenvalue weighted by atomic mass is 10.2. The highest BCUT2D eigenvalue weighted by molar-refractivity contribution is 7.98. The van der Waals surface area contributed by atoms with E-state index < -0.39 is 0 Å². The molecule has 0 aliphatic rings. The number of nitrogens with zero attached hydrogens (tertiary/aromatic N) is 3. The van der Waals surface area contributed by atoms with E-state index in [0.29, 0.717) is 0 Å². The Labute approximate surface area is 118 Å². The van der Waals surface area contributed by atoms with Gasteiger partial charge in [-0.05, 0) is 6.07 Å². The van der Waals surface area contributed by atoms with Crippen LogP contribution < -0.4 is 0 Å². The van der Waals surface area contributed by atoms with Gasteiger partial charge in [-0.2, -0.15) is 0 Å². The van der Waals surface area contributed by atoms with Crippen LogP contribution in [-0.4, -0.2) is 14.8 Å². The SMILES string of the molecule is Cn1cnnc1SCc1sc2ccccc2c1Cl. The third-order valence-corrected chi connectivity index (χ3v) is 5.56. The molecule has 3 rings (SSSR count). The number of hydrogen-bond acceptors (Lipinski definition) is 4. The summed E-state index contributed by atoms with van der Waals surface area (Å²) in [6.45, 7) is 0. The minimum atomic E-state index is 0.824. The molecule has 0 fully saturated rings. The summed E-state index contributed by atoms with van der Waals surface area (Å²) in [4.78, 5) is 1.19. The van der Waals surface area contributed by atoms with Crippen molar-refractivity contribution in [2.24, 2.45) is 7.05 Å². The Morgan fingerprint density at radius 2 is 2.22 bits per heavy atom. The molecule has 2 aromatic heterocycles. The summed E-state index contributed by atoms with van der Waals surface area (Å²) in [5.41, 5.74) is 0. The maximum atomic E-state index is 6.39. The van der Waals surface area contributed by atoms with Crippen molar-refractivity contribution in [3.05, 3.63) is 40.5 Å². The zero-order chi connectivity index (χ0) is 12.5. The van der Waals surface area contributed by atoms with Crippen LogP contribution in [0.15, 0.2) is 35.7 Å². The predicted octanol–water partition coefficient (Wildman–Crippen LogP) is 3.98. The third kappa shape index (κ3) is 2.13.